The maximum absolute atomic E-state index is 11.9. The number of nitrogens with zero attached hydrogens (tertiary/aromatic N) is 2. The summed E-state index contributed by atoms with van der Waals surface area (Å²) in [6, 6.07) is 14.9. The van der Waals surface area contributed by atoms with Crippen LogP contribution in [0.25, 0.3) is 16.6 Å². The molecule has 0 atom stereocenters. The molecule has 1 aromatic heterocycles. The monoisotopic (exact) mass is 462 g/mol. The Labute approximate surface area is 199 Å². The summed E-state index contributed by atoms with van der Waals surface area (Å²) in [5.41, 5.74) is 2.22. The first-order valence-electron chi connectivity index (χ1n) is 11.4. The van der Waals surface area contributed by atoms with Crippen molar-refractivity contribution >= 4 is 22.8 Å². The summed E-state index contributed by atoms with van der Waals surface area (Å²) in [5.74, 6) is 0.0953. The minimum Gasteiger partial charge on any atom is -0.494 e. The lowest BCUT2D eigenvalue weighted by atomic mass is 10.1. The Kier molecular flexibility index (Phi) is 7.95. The molecule has 3 aromatic rings. The number of aromatic nitrogens is 1. The van der Waals surface area contributed by atoms with Crippen molar-refractivity contribution in [2.75, 3.05) is 13.2 Å². The van der Waals surface area contributed by atoms with Crippen LogP contribution in [0.4, 0.5) is 0 Å². The van der Waals surface area contributed by atoms with Crippen molar-refractivity contribution in [3.63, 3.8) is 0 Å². The fourth-order valence-corrected chi connectivity index (χ4v) is 3.53. The first kappa shape index (κ1) is 24.8. The molecule has 0 fully saturated rings. The van der Waals surface area contributed by atoms with E-state index in [1.54, 1.807) is 25.3 Å². The third-order valence-electron chi connectivity index (χ3n) is 5.02. The Hall–Kier alpha value is -3.79. The van der Waals surface area contributed by atoms with Crippen LogP contribution in [0.5, 0.6) is 5.75 Å². The maximum atomic E-state index is 11.9. The van der Waals surface area contributed by atoms with Crippen molar-refractivity contribution in [2.45, 2.75) is 52.6 Å². The van der Waals surface area contributed by atoms with Gasteiger partial charge in [-0.1, -0.05) is 0 Å². The van der Waals surface area contributed by atoms with Gasteiger partial charge in [-0.3, -0.25) is 4.79 Å². The first-order chi connectivity index (χ1) is 16.2. The van der Waals surface area contributed by atoms with Gasteiger partial charge >= 0.3 is 11.9 Å². The Morgan fingerprint density at radius 1 is 1.06 bits per heavy atom. The number of esters is 2. The first-order valence-corrected chi connectivity index (χ1v) is 11.4. The highest BCUT2D eigenvalue weighted by Crippen LogP contribution is 2.28. The highest BCUT2D eigenvalue weighted by Gasteiger charge is 2.16. The van der Waals surface area contributed by atoms with Gasteiger partial charge in [-0.2, -0.15) is 5.26 Å². The van der Waals surface area contributed by atoms with Crippen LogP contribution < -0.4 is 4.74 Å². The SMILES string of the molecule is CCOC(=O)c1ccc(-n2cc(C#N)c3cc(OCCCCC(=O)OC(C)(C)C)ccc32)cc1. The van der Waals surface area contributed by atoms with Crippen LogP contribution in [0.2, 0.25) is 0 Å². The Balaban J connectivity index is 1.66. The lowest BCUT2D eigenvalue weighted by Crippen LogP contribution is -2.23. The smallest absolute Gasteiger partial charge is 0.338 e. The van der Waals surface area contributed by atoms with Crippen molar-refractivity contribution in [1.29, 1.82) is 5.26 Å². The lowest BCUT2D eigenvalue weighted by molar-refractivity contribution is -0.154. The normalized spacial score (nSPS) is 11.1. The molecule has 178 valence electrons. The van der Waals surface area contributed by atoms with Crippen molar-refractivity contribution in [3.05, 3.63) is 59.8 Å². The standard InChI is InChI=1S/C27H30N2O5/c1-5-32-26(31)19-9-11-21(12-10-19)29-18-20(17-28)23-16-22(13-14-24(23)29)33-15-7-6-8-25(30)34-27(2,3)4/h9-14,16,18H,5-8,15H2,1-4H3. The fraction of sp³-hybridized carbons (Fsp3) is 0.370. The molecule has 1 heterocycles. The molecule has 0 saturated heterocycles. The zero-order chi connectivity index (χ0) is 24.7. The largest absolute Gasteiger partial charge is 0.494 e. The molecule has 2 aromatic carbocycles. The molecule has 34 heavy (non-hydrogen) atoms. The number of unbranched alkanes of at least 4 members (excludes halogenated alkanes) is 1. The topological polar surface area (TPSA) is 90.5 Å². The van der Waals surface area contributed by atoms with E-state index in [1.807, 2.05) is 55.7 Å². The molecule has 0 aliphatic heterocycles. The van der Waals surface area contributed by atoms with E-state index >= 15 is 0 Å². The Morgan fingerprint density at radius 2 is 1.79 bits per heavy atom. The molecule has 0 unspecified atom stereocenters. The summed E-state index contributed by atoms with van der Waals surface area (Å²) in [6.45, 7) is 8.11. The van der Waals surface area contributed by atoms with Crippen molar-refractivity contribution < 1.29 is 23.8 Å². The van der Waals surface area contributed by atoms with E-state index in [1.165, 1.54) is 0 Å². The number of hydrogen-bond donors (Lipinski definition) is 0. The minimum absolute atomic E-state index is 0.204. The molecule has 0 bridgehead atoms. The van der Waals surface area contributed by atoms with Crippen LogP contribution in [-0.4, -0.2) is 35.3 Å². The highest BCUT2D eigenvalue weighted by atomic mass is 16.6. The van der Waals surface area contributed by atoms with Crippen molar-refractivity contribution in [2.24, 2.45) is 0 Å². The van der Waals surface area contributed by atoms with Crippen molar-refractivity contribution in [1.82, 2.24) is 4.57 Å². The van der Waals surface area contributed by atoms with Gasteiger partial charge < -0.3 is 18.8 Å². The van der Waals surface area contributed by atoms with E-state index in [-0.39, 0.29) is 11.9 Å². The number of benzene rings is 2. The molecular formula is C27H30N2O5. The zero-order valence-corrected chi connectivity index (χ0v) is 20.1. The summed E-state index contributed by atoms with van der Waals surface area (Å²) >= 11 is 0. The predicted octanol–water partition coefficient (Wildman–Crippen LogP) is 5.57. The molecule has 0 N–H and O–H groups in total. The van der Waals surface area contributed by atoms with Crippen LogP contribution >= 0.6 is 0 Å². The summed E-state index contributed by atoms with van der Waals surface area (Å²) in [4.78, 5) is 23.7. The average Bonchev–Trinajstić information content (AvgIpc) is 3.16. The van der Waals surface area contributed by atoms with E-state index in [9.17, 15) is 14.9 Å². The number of nitriles is 1. The van der Waals surface area contributed by atoms with Crippen LogP contribution in [-0.2, 0) is 14.3 Å². The van der Waals surface area contributed by atoms with Gasteiger partial charge in [0, 0.05) is 23.7 Å². The molecule has 0 spiro atoms. The Morgan fingerprint density at radius 3 is 2.44 bits per heavy atom. The second kappa shape index (κ2) is 10.9. The number of hydrogen-bond acceptors (Lipinski definition) is 6. The van der Waals surface area contributed by atoms with E-state index in [2.05, 4.69) is 6.07 Å². The van der Waals surface area contributed by atoms with E-state index in [0.717, 1.165) is 23.0 Å². The van der Waals surface area contributed by atoms with Gasteiger partial charge in [0.15, 0.2) is 0 Å². The molecule has 0 saturated carbocycles. The quantitative estimate of drug-likeness (QED) is 0.305. The third-order valence-corrected chi connectivity index (χ3v) is 5.02. The van der Waals surface area contributed by atoms with Gasteiger partial charge in [0.25, 0.3) is 0 Å². The van der Waals surface area contributed by atoms with Gasteiger partial charge in [0.2, 0.25) is 0 Å². The molecule has 0 aliphatic carbocycles. The third kappa shape index (κ3) is 6.38. The maximum Gasteiger partial charge on any atom is 0.338 e. The van der Waals surface area contributed by atoms with Crippen LogP contribution in [0.3, 0.4) is 0 Å². The molecule has 0 amide bonds. The van der Waals surface area contributed by atoms with Crippen LogP contribution in [0.15, 0.2) is 48.7 Å². The molecular weight excluding hydrogens is 432 g/mol. The summed E-state index contributed by atoms with van der Waals surface area (Å²) in [5, 5.41) is 10.4. The van der Waals surface area contributed by atoms with Crippen LogP contribution in [0, 0.1) is 11.3 Å². The van der Waals surface area contributed by atoms with Crippen LogP contribution in [0.1, 0.15) is 62.9 Å². The van der Waals surface area contributed by atoms with Gasteiger partial charge in [0.05, 0.1) is 29.9 Å². The molecule has 0 aliphatic rings. The molecule has 3 rings (SSSR count). The predicted molar refractivity (Wildman–Crippen MR) is 129 cm³/mol. The number of carbonyl (C=O) groups excluding carboxylic acids is 2. The van der Waals surface area contributed by atoms with E-state index < -0.39 is 5.60 Å². The molecule has 7 nitrogen and oxygen atoms in total. The van der Waals surface area contributed by atoms with E-state index in [4.69, 9.17) is 14.2 Å². The lowest BCUT2D eigenvalue weighted by Gasteiger charge is -2.19. The average molecular weight is 463 g/mol. The summed E-state index contributed by atoms with van der Waals surface area (Å²) < 4.78 is 18.1. The number of carbonyl (C=O) groups is 2. The van der Waals surface area contributed by atoms with Crippen molar-refractivity contribution in [3.8, 4) is 17.5 Å². The van der Waals surface area contributed by atoms with Gasteiger partial charge in [-0.25, -0.2) is 4.79 Å². The second-order valence-corrected chi connectivity index (χ2v) is 8.86. The summed E-state index contributed by atoms with van der Waals surface area (Å²) in [6.07, 6.45) is 3.53. The number of fused-ring (bicyclic) bond motifs is 1. The Bertz CT molecular complexity index is 1200. The number of rotatable bonds is 9. The van der Waals surface area contributed by atoms with Gasteiger partial charge in [-0.05, 0) is 83.0 Å². The minimum atomic E-state index is -0.471. The number of ether oxygens (including phenoxy) is 3. The molecule has 7 heteroatoms. The van der Waals surface area contributed by atoms with E-state index in [0.29, 0.717) is 42.9 Å². The van der Waals surface area contributed by atoms with Gasteiger partial charge in [0.1, 0.15) is 17.4 Å². The second-order valence-electron chi connectivity index (χ2n) is 8.86. The van der Waals surface area contributed by atoms with Gasteiger partial charge in [-0.15, -0.1) is 0 Å². The fourth-order valence-electron chi connectivity index (χ4n) is 3.53. The summed E-state index contributed by atoms with van der Waals surface area (Å²) in [7, 11) is 0. The highest BCUT2D eigenvalue weighted by molar-refractivity contribution is 5.91. The zero-order valence-electron chi connectivity index (χ0n) is 20.1. The molecule has 0 radical (unpaired) electrons.